The summed E-state index contributed by atoms with van der Waals surface area (Å²) in [7, 11) is 0. The highest BCUT2D eigenvalue weighted by Gasteiger charge is 2.46. The number of aromatic amines is 1. The average molecular weight is 605 g/mol. The zero-order chi connectivity index (χ0) is 30.5. The third-order valence-corrected chi connectivity index (χ3v) is 8.59. The summed E-state index contributed by atoms with van der Waals surface area (Å²) in [4.78, 5) is 33.9. The summed E-state index contributed by atoms with van der Waals surface area (Å²) in [5.41, 5.74) is 2.29. The molecule has 1 saturated heterocycles. The molecule has 3 fully saturated rings. The van der Waals surface area contributed by atoms with Crippen molar-refractivity contribution >= 4 is 22.8 Å². The summed E-state index contributed by atoms with van der Waals surface area (Å²) in [6.07, 6.45) is 0.933. The molecule has 3 aromatic rings. The number of nitrogens with one attached hydrogen (secondary N) is 3. The smallest absolute Gasteiger partial charge is 0.270 e. The van der Waals surface area contributed by atoms with Gasteiger partial charge in [0.15, 0.2) is 0 Å². The summed E-state index contributed by atoms with van der Waals surface area (Å²) < 4.78 is 62.8. The van der Waals surface area contributed by atoms with Crippen LogP contribution in [0, 0.1) is 11.8 Å². The Bertz CT molecular complexity index is 1490. The zero-order valence-corrected chi connectivity index (χ0v) is 24.1. The molecular weight excluding hydrogens is 568 g/mol. The van der Waals surface area contributed by atoms with Crippen molar-refractivity contribution in [3.8, 4) is 0 Å². The number of alkyl halides is 4. The van der Waals surface area contributed by atoms with Crippen molar-refractivity contribution < 1.29 is 31.9 Å². The monoisotopic (exact) mass is 604 g/mol. The van der Waals surface area contributed by atoms with E-state index in [1.54, 1.807) is 16.8 Å². The largest absolute Gasteiger partial charge is 0.375 e. The van der Waals surface area contributed by atoms with Crippen molar-refractivity contribution in [3.05, 3.63) is 47.5 Å². The Morgan fingerprint density at radius 3 is 2.51 bits per heavy atom. The van der Waals surface area contributed by atoms with Gasteiger partial charge in [0, 0.05) is 44.3 Å². The van der Waals surface area contributed by atoms with Gasteiger partial charge in [-0.3, -0.25) is 14.3 Å². The molecule has 43 heavy (non-hydrogen) atoms. The van der Waals surface area contributed by atoms with Gasteiger partial charge in [-0.05, 0) is 62.3 Å². The van der Waals surface area contributed by atoms with Crippen LogP contribution in [0.25, 0.3) is 11.0 Å². The number of benzene rings is 1. The number of hydrogen-bond acceptors (Lipinski definition) is 5. The Morgan fingerprint density at radius 1 is 1.07 bits per heavy atom. The Hall–Kier alpha value is -3.48. The third-order valence-electron chi connectivity index (χ3n) is 8.59. The number of hydrogen-bond donors (Lipinski definition) is 3. The van der Waals surface area contributed by atoms with Crippen LogP contribution in [0.1, 0.15) is 98.8 Å². The molecule has 2 unspecified atom stereocenters. The number of halogens is 4. The summed E-state index contributed by atoms with van der Waals surface area (Å²) in [6.45, 7) is 3.61. The van der Waals surface area contributed by atoms with Gasteiger partial charge in [-0.2, -0.15) is 5.10 Å². The van der Waals surface area contributed by atoms with E-state index < -0.39 is 42.7 Å². The van der Waals surface area contributed by atoms with E-state index >= 15 is 0 Å². The van der Waals surface area contributed by atoms with Crippen LogP contribution < -0.4 is 10.6 Å². The maximum atomic E-state index is 14.5. The normalized spacial score (nSPS) is 23.1. The van der Waals surface area contributed by atoms with E-state index in [-0.39, 0.29) is 67.2 Å². The lowest BCUT2D eigenvalue weighted by Crippen LogP contribution is -2.45. The van der Waals surface area contributed by atoms with Gasteiger partial charge in [-0.15, -0.1) is 0 Å². The van der Waals surface area contributed by atoms with Crippen LogP contribution in [0.5, 0.6) is 0 Å². The second kappa shape index (κ2) is 11.2. The number of imidazole rings is 1. The minimum atomic E-state index is -2.95. The van der Waals surface area contributed by atoms with Gasteiger partial charge in [0.05, 0.1) is 29.8 Å². The van der Waals surface area contributed by atoms with E-state index in [1.807, 2.05) is 26.0 Å². The molecule has 0 radical (unpaired) electrons. The number of fused-ring (bicyclic) bond motifs is 1. The lowest BCUT2D eigenvalue weighted by molar-refractivity contribution is -0.136. The fourth-order valence-electron chi connectivity index (χ4n) is 6.20. The van der Waals surface area contributed by atoms with Crippen LogP contribution in [-0.4, -0.2) is 56.1 Å². The van der Waals surface area contributed by atoms with E-state index in [1.165, 1.54) is 6.20 Å². The first-order valence-electron chi connectivity index (χ1n) is 14.9. The van der Waals surface area contributed by atoms with Crippen molar-refractivity contribution in [2.45, 2.75) is 94.9 Å². The zero-order valence-electron chi connectivity index (χ0n) is 24.1. The number of amides is 2. The quantitative estimate of drug-likeness (QED) is 0.260. The molecular formula is C30H36F4N6O3. The first-order chi connectivity index (χ1) is 20.4. The first-order valence-corrected chi connectivity index (χ1v) is 14.9. The van der Waals surface area contributed by atoms with Crippen LogP contribution in [-0.2, 0) is 9.53 Å². The number of aromatic nitrogens is 4. The van der Waals surface area contributed by atoms with Crippen molar-refractivity contribution in [2.75, 3.05) is 6.61 Å². The van der Waals surface area contributed by atoms with E-state index in [0.717, 1.165) is 18.4 Å². The molecule has 3 N–H and O–H groups in total. The molecule has 3 aliphatic rings. The average Bonchev–Trinajstić information content (AvgIpc) is 3.46. The van der Waals surface area contributed by atoms with Gasteiger partial charge in [-0.25, -0.2) is 22.5 Å². The number of carbonyl (C=O) groups excluding carboxylic acids is 2. The Balaban J connectivity index is 1.25. The lowest BCUT2D eigenvalue weighted by Gasteiger charge is -2.34. The SMILES string of the molecule is CC(C)n1nccc1C(=O)NC(c1nc2ccc(C(NC(=O)CC3CC(F)(F)C3)C3CC3)cc2[nH]1)[C@@H]1CC(F)(F)CCO1. The molecule has 3 heterocycles. The van der Waals surface area contributed by atoms with Crippen LogP contribution in [0.15, 0.2) is 30.5 Å². The Kier molecular flexibility index (Phi) is 7.72. The Labute approximate surface area is 246 Å². The van der Waals surface area contributed by atoms with Gasteiger partial charge in [0.1, 0.15) is 17.6 Å². The minimum Gasteiger partial charge on any atom is -0.375 e. The maximum absolute atomic E-state index is 14.5. The molecule has 2 aromatic heterocycles. The van der Waals surface area contributed by atoms with E-state index in [2.05, 4.69) is 25.7 Å². The Morgan fingerprint density at radius 2 is 1.84 bits per heavy atom. The number of ether oxygens (including phenoxy) is 1. The standard InChI is InChI=1S/C30H36F4N6O3/c1-16(2)40-22(7-9-35-40)28(42)39-26(23-15-29(31,32)8-10-43-23)27-36-20-6-5-19(12-21(20)37-27)25(18-3-4-18)38-24(41)11-17-13-30(33,34)14-17/h5-7,9,12,16-18,23,25-26H,3-4,8,10-11,13-15H2,1-2H3,(H,36,37)(H,38,41)(H,39,42)/t23-,25?,26?/m0/s1. The second-order valence-electron chi connectivity index (χ2n) is 12.5. The second-order valence-corrected chi connectivity index (χ2v) is 12.5. The van der Waals surface area contributed by atoms with Gasteiger partial charge in [0.25, 0.3) is 11.8 Å². The summed E-state index contributed by atoms with van der Waals surface area (Å²) in [6, 6.07) is 5.69. The predicted octanol–water partition coefficient (Wildman–Crippen LogP) is 5.63. The van der Waals surface area contributed by atoms with Crippen molar-refractivity contribution in [3.63, 3.8) is 0 Å². The van der Waals surface area contributed by atoms with Gasteiger partial charge in [-0.1, -0.05) is 6.07 Å². The van der Waals surface area contributed by atoms with E-state index in [0.29, 0.717) is 11.0 Å². The lowest BCUT2D eigenvalue weighted by atomic mass is 9.79. The van der Waals surface area contributed by atoms with Gasteiger partial charge >= 0.3 is 0 Å². The van der Waals surface area contributed by atoms with Crippen molar-refractivity contribution in [1.29, 1.82) is 0 Å². The molecule has 0 spiro atoms. The van der Waals surface area contributed by atoms with Crippen LogP contribution >= 0.6 is 0 Å². The molecule has 13 heteroatoms. The number of carbonyl (C=O) groups is 2. The fourth-order valence-corrected chi connectivity index (χ4v) is 6.20. The van der Waals surface area contributed by atoms with Gasteiger partial charge in [0.2, 0.25) is 11.8 Å². The van der Waals surface area contributed by atoms with E-state index in [9.17, 15) is 27.2 Å². The summed E-state index contributed by atoms with van der Waals surface area (Å²) in [5, 5.41) is 10.1. The van der Waals surface area contributed by atoms with Crippen molar-refractivity contribution in [2.24, 2.45) is 11.8 Å². The maximum Gasteiger partial charge on any atom is 0.270 e. The number of H-pyrrole nitrogens is 1. The topological polar surface area (TPSA) is 114 Å². The number of nitrogens with zero attached hydrogens (tertiary/aromatic N) is 3. The highest BCUT2D eigenvalue weighted by Crippen LogP contribution is 2.45. The molecule has 0 bridgehead atoms. The molecule has 1 aromatic carbocycles. The molecule has 2 saturated carbocycles. The highest BCUT2D eigenvalue weighted by atomic mass is 19.3. The summed E-state index contributed by atoms with van der Waals surface area (Å²) >= 11 is 0. The minimum absolute atomic E-state index is 0.0678. The van der Waals surface area contributed by atoms with Gasteiger partial charge < -0.3 is 20.4 Å². The van der Waals surface area contributed by atoms with Crippen LogP contribution in [0.3, 0.4) is 0 Å². The highest BCUT2D eigenvalue weighted by molar-refractivity contribution is 5.93. The third kappa shape index (κ3) is 6.56. The fraction of sp³-hybridized carbons (Fsp3) is 0.600. The molecule has 2 aliphatic carbocycles. The van der Waals surface area contributed by atoms with Crippen molar-refractivity contribution in [1.82, 2.24) is 30.4 Å². The molecule has 2 amide bonds. The first kappa shape index (κ1) is 29.6. The number of rotatable bonds is 10. The molecule has 232 valence electrons. The van der Waals surface area contributed by atoms with Crippen LogP contribution in [0.2, 0.25) is 0 Å². The van der Waals surface area contributed by atoms with E-state index in [4.69, 9.17) is 4.74 Å². The molecule has 1 aliphatic heterocycles. The summed E-state index contributed by atoms with van der Waals surface area (Å²) in [5.74, 6) is -6.16. The molecule has 6 rings (SSSR count). The molecule has 9 nitrogen and oxygen atoms in total. The predicted molar refractivity (Wildman–Crippen MR) is 149 cm³/mol. The molecule has 3 atom stereocenters. The van der Waals surface area contributed by atoms with Crippen LogP contribution in [0.4, 0.5) is 17.6 Å².